The van der Waals surface area contributed by atoms with Crippen LogP contribution in [0.25, 0.3) is 10.8 Å². The average Bonchev–Trinajstić information content (AvgIpc) is 2.54. The normalized spacial score (nSPS) is 11.8. The predicted octanol–water partition coefficient (Wildman–Crippen LogP) is 2.56. The lowest BCUT2D eigenvalue weighted by molar-refractivity contribution is -0.397. The number of non-ortho nitro benzene ring substituents is 2. The van der Waals surface area contributed by atoms with E-state index in [1.165, 1.54) is 0 Å². The van der Waals surface area contributed by atoms with Crippen LogP contribution in [0.4, 0.5) is 34.1 Å². The van der Waals surface area contributed by atoms with E-state index in [0.717, 1.165) is 6.34 Å². The van der Waals surface area contributed by atoms with Gasteiger partial charge >= 0.3 is 5.69 Å². The van der Waals surface area contributed by atoms with Crippen molar-refractivity contribution in [1.29, 1.82) is 0 Å². The van der Waals surface area contributed by atoms with Gasteiger partial charge in [-0.05, 0) is 0 Å². The maximum absolute atomic E-state index is 11.3. The number of hydrogen-bond donors (Lipinski definition) is 1. The van der Waals surface area contributed by atoms with Crippen LogP contribution in [-0.4, -0.2) is 26.0 Å². The number of rotatable bonds is 4. The highest BCUT2D eigenvalue weighted by Crippen LogP contribution is 2.51. The number of nitro benzene ring substituents is 4. The van der Waals surface area contributed by atoms with Crippen molar-refractivity contribution in [2.24, 2.45) is 4.99 Å². The summed E-state index contributed by atoms with van der Waals surface area (Å²) in [5.41, 5.74) is -4.19. The molecule has 1 heterocycles. The molecule has 1 N–H and O–H groups in total. The van der Waals surface area contributed by atoms with Gasteiger partial charge in [0.25, 0.3) is 17.1 Å². The fourth-order valence-corrected chi connectivity index (χ4v) is 2.56. The summed E-state index contributed by atoms with van der Waals surface area (Å²) in [6.07, 6.45) is 0.925. The van der Waals surface area contributed by atoms with Crippen LogP contribution in [0, 0.1) is 40.5 Å². The van der Waals surface area contributed by atoms with E-state index in [-0.39, 0.29) is 5.69 Å². The maximum atomic E-state index is 11.3. The van der Waals surface area contributed by atoms with Gasteiger partial charge in [-0.2, -0.15) is 0 Å². The lowest BCUT2D eigenvalue weighted by Crippen LogP contribution is -2.08. The molecule has 0 aromatic heterocycles. The van der Waals surface area contributed by atoms with Crippen LogP contribution >= 0.6 is 0 Å². The van der Waals surface area contributed by atoms with Crippen LogP contribution < -0.4 is 5.32 Å². The summed E-state index contributed by atoms with van der Waals surface area (Å²) in [7, 11) is 0. The zero-order valence-corrected chi connectivity index (χ0v) is 11.7. The fraction of sp³-hybridized carbons (Fsp3) is 0. The van der Waals surface area contributed by atoms with E-state index in [4.69, 9.17) is 0 Å². The summed E-state index contributed by atoms with van der Waals surface area (Å²) in [6.45, 7) is 0. The first kappa shape index (κ1) is 15.7. The molecule has 0 amide bonds. The lowest BCUT2D eigenvalue weighted by Gasteiger charge is -2.14. The van der Waals surface area contributed by atoms with Crippen molar-refractivity contribution in [3.8, 4) is 0 Å². The van der Waals surface area contributed by atoms with Crippen molar-refractivity contribution in [3.05, 3.63) is 52.6 Å². The lowest BCUT2D eigenvalue weighted by atomic mass is 9.99. The second-order valence-corrected chi connectivity index (χ2v) is 4.73. The molecule has 0 aliphatic carbocycles. The Hall–Kier alpha value is -4.23. The van der Waals surface area contributed by atoms with E-state index < -0.39 is 58.9 Å². The molecule has 0 radical (unpaired) electrons. The van der Waals surface area contributed by atoms with Gasteiger partial charge in [0.1, 0.15) is 11.1 Å². The van der Waals surface area contributed by atoms with Gasteiger partial charge in [-0.25, -0.2) is 4.99 Å². The molecule has 0 saturated heterocycles. The molecule has 126 valence electrons. The number of nitro groups is 4. The van der Waals surface area contributed by atoms with E-state index >= 15 is 0 Å². The number of nitrogens with zero attached hydrogens (tertiary/aromatic N) is 5. The van der Waals surface area contributed by atoms with Crippen molar-refractivity contribution >= 4 is 51.2 Å². The maximum Gasteiger partial charge on any atom is 0.302 e. The van der Waals surface area contributed by atoms with Gasteiger partial charge in [0, 0.05) is 0 Å². The molecule has 14 nitrogen and oxygen atoms in total. The molecule has 14 heteroatoms. The fourth-order valence-electron chi connectivity index (χ4n) is 2.56. The van der Waals surface area contributed by atoms with Crippen LogP contribution in [0.3, 0.4) is 0 Å². The van der Waals surface area contributed by atoms with E-state index in [1.54, 1.807) is 0 Å². The summed E-state index contributed by atoms with van der Waals surface area (Å²) in [6, 6.07) is 1.11. The molecule has 0 bridgehead atoms. The summed E-state index contributed by atoms with van der Waals surface area (Å²) in [5.74, 6) is 0. The van der Waals surface area contributed by atoms with E-state index in [2.05, 4.69) is 10.3 Å². The Kier molecular flexibility index (Phi) is 3.23. The SMILES string of the molecule is O=[N+]([O-])c1cc([N+](=O)[O-])c2c([N+](=O)[O-])cc([N+](=O)[O-])c3c2c1N=CN3. The molecule has 0 spiro atoms. The van der Waals surface area contributed by atoms with E-state index in [0.29, 0.717) is 12.1 Å². The van der Waals surface area contributed by atoms with Crippen molar-refractivity contribution in [3.63, 3.8) is 0 Å². The van der Waals surface area contributed by atoms with Crippen LogP contribution in [0.15, 0.2) is 17.1 Å². The number of benzene rings is 2. The van der Waals surface area contributed by atoms with Gasteiger partial charge in [-0.3, -0.25) is 40.5 Å². The third kappa shape index (κ3) is 2.16. The van der Waals surface area contributed by atoms with E-state index in [9.17, 15) is 40.5 Å². The molecular weight excluding hydrogens is 344 g/mol. The van der Waals surface area contributed by atoms with Gasteiger partial charge in [0.2, 0.25) is 0 Å². The molecule has 2 aromatic carbocycles. The highest BCUT2D eigenvalue weighted by Gasteiger charge is 2.37. The first-order valence-corrected chi connectivity index (χ1v) is 6.28. The van der Waals surface area contributed by atoms with Gasteiger partial charge < -0.3 is 5.32 Å². The Morgan fingerprint density at radius 2 is 1.20 bits per heavy atom. The summed E-state index contributed by atoms with van der Waals surface area (Å²) >= 11 is 0. The van der Waals surface area contributed by atoms with Crippen molar-refractivity contribution in [2.45, 2.75) is 0 Å². The minimum absolute atomic E-state index is 0.345. The third-order valence-electron chi connectivity index (χ3n) is 3.48. The second-order valence-electron chi connectivity index (χ2n) is 4.73. The first-order valence-electron chi connectivity index (χ1n) is 6.28. The van der Waals surface area contributed by atoms with Crippen molar-refractivity contribution in [1.82, 2.24) is 0 Å². The van der Waals surface area contributed by atoms with Gasteiger partial charge in [0.15, 0.2) is 5.69 Å². The standard InChI is InChI=1S/C11H4N6O8/c18-14(19)4-1-6(16(22)23)10-9-8(4)5(15(20)21)2-7(17(24)25)11(9)13-3-12-10/h1-3H,(H,12,13). The Morgan fingerprint density at radius 3 is 1.68 bits per heavy atom. The highest BCUT2D eigenvalue weighted by atomic mass is 16.6. The molecule has 2 aromatic rings. The highest BCUT2D eigenvalue weighted by molar-refractivity contribution is 6.19. The van der Waals surface area contributed by atoms with Gasteiger partial charge in [-0.1, -0.05) is 0 Å². The Morgan fingerprint density at radius 1 is 0.720 bits per heavy atom. The smallest absolute Gasteiger partial charge is 0.302 e. The van der Waals surface area contributed by atoms with Gasteiger partial charge in [-0.15, -0.1) is 0 Å². The largest absolute Gasteiger partial charge is 0.340 e. The monoisotopic (exact) mass is 348 g/mol. The topological polar surface area (TPSA) is 197 Å². The minimum atomic E-state index is -1.03. The molecule has 0 unspecified atom stereocenters. The predicted molar refractivity (Wildman–Crippen MR) is 82.3 cm³/mol. The quantitative estimate of drug-likeness (QED) is 0.637. The molecule has 0 saturated carbocycles. The number of nitrogens with one attached hydrogen (secondary N) is 1. The number of hydrogen-bond acceptors (Lipinski definition) is 10. The third-order valence-corrected chi connectivity index (χ3v) is 3.48. The molecule has 0 atom stereocenters. The zero-order chi connectivity index (χ0) is 18.5. The molecule has 1 aliphatic heterocycles. The zero-order valence-electron chi connectivity index (χ0n) is 11.7. The van der Waals surface area contributed by atoms with Crippen LogP contribution in [0.5, 0.6) is 0 Å². The van der Waals surface area contributed by atoms with Crippen molar-refractivity contribution in [2.75, 3.05) is 5.32 Å². The van der Waals surface area contributed by atoms with Gasteiger partial charge in [0.05, 0.1) is 43.6 Å². The van der Waals surface area contributed by atoms with Crippen molar-refractivity contribution < 1.29 is 19.7 Å². The number of anilines is 1. The minimum Gasteiger partial charge on any atom is -0.340 e. The molecule has 25 heavy (non-hydrogen) atoms. The summed E-state index contributed by atoms with van der Waals surface area (Å²) < 4.78 is 0. The molecule has 0 fully saturated rings. The van der Waals surface area contributed by atoms with Crippen LogP contribution in [0.2, 0.25) is 0 Å². The first-order chi connectivity index (χ1) is 11.7. The molecule has 3 rings (SSSR count). The van der Waals surface area contributed by atoms with Crippen LogP contribution in [0.1, 0.15) is 0 Å². The summed E-state index contributed by atoms with van der Waals surface area (Å²) in [5, 5.41) is 46.3. The average molecular weight is 348 g/mol. The Balaban J connectivity index is 2.69. The molecule has 1 aliphatic rings. The summed E-state index contributed by atoms with van der Waals surface area (Å²) in [4.78, 5) is 44.7. The second kappa shape index (κ2) is 5.15. The van der Waals surface area contributed by atoms with Crippen LogP contribution in [-0.2, 0) is 0 Å². The Bertz CT molecular complexity index is 1020. The number of aliphatic imine (C=N–C) groups is 1. The Labute approximate surface area is 135 Å². The van der Waals surface area contributed by atoms with E-state index in [1.807, 2.05) is 0 Å². The molecular formula is C11H4N6O8.